The molecule has 6 nitrogen and oxygen atoms in total. The first-order valence-electron chi connectivity index (χ1n) is 6.85. The number of methoxy groups -OCH3 is 1. The summed E-state index contributed by atoms with van der Waals surface area (Å²) >= 11 is 3.26. The highest BCUT2D eigenvalue weighted by Gasteiger charge is 2.25. The van der Waals surface area contributed by atoms with Crippen LogP contribution in [0.25, 0.3) is 0 Å². The molecule has 0 aliphatic rings. The molecular formula is C14H21BrN2O4S. The number of carbonyl (C=O) groups excluding carboxylic acids is 1. The molecule has 0 saturated heterocycles. The average Bonchev–Trinajstić information content (AvgIpc) is 2.48. The summed E-state index contributed by atoms with van der Waals surface area (Å²) in [4.78, 5) is 13.8. The molecule has 1 aromatic rings. The van der Waals surface area contributed by atoms with Gasteiger partial charge in [-0.05, 0) is 48.0 Å². The molecule has 0 spiro atoms. The zero-order valence-corrected chi connectivity index (χ0v) is 15.6. The van der Waals surface area contributed by atoms with Crippen LogP contribution >= 0.6 is 15.9 Å². The molecule has 0 aromatic heterocycles. The molecule has 22 heavy (non-hydrogen) atoms. The lowest BCUT2D eigenvalue weighted by molar-refractivity contribution is -0.130. The predicted octanol–water partition coefficient (Wildman–Crippen LogP) is 1.95. The Morgan fingerprint density at radius 3 is 2.32 bits per heavy atom. The van der Waals surface area contributed by atoms with E-state index in [9.17, 15) is 13.2 Å². The van der Waals surface area contributed by atoms with Crippen molar-refractivity contribution < 1.29 is 17.9 Å². The highest BCUT2D eigenvalue weighted by Crippen LogP contribution is 2.28. The molecule has 0 bridgehead atoms. The SMILES string of the molecule is CCN(CC)C(=O)CN(C)S(=O)(=O)c1ccc(OC)c(Br)c1. The van der Waals surface area contributed by atoms with E-state index in [-0.39, 0.29) is 17.3 Å². The van der Waals surface area contributed by atoms with Crippen LogP contribution in [-0.2, 0) is 14.8 Å². The largest absolute Gasteiger partial charge is 0.496 e. The van der Waals surface area contributed by atoms with Crippen molar-refractivity contribution in [2.24, 2.45) is 0 Å². The second-order valence-electron chi connectivity index (χ2n) is 4.62. The number of ether oxygens (including phenoxy) is 1. The lowest BCUT2D eigenvalue weighted by Gasteiger charge is -2.23. The predicted molar refractivity (Wildman–Crippen MR) is 88.4 cm³/mol. The Labute approximate surface area is 140 Å². The molecule has 0 heterocycles. The van der Waals surface area contributed by atoms with Crippen LogP contribution in [0.5, 0.6) is 5.75 Å². The zero-order valence-electron chi connectivity index (χ0n) is 13.2. The molecule has 0 aliphatic carbocycles. The first-order valence-corrected chi connectivity index (χ1v) is 9.08. The molecule has 0 saturated carbocycles. The molecule has 0 unspecified atom stereocenters. The van der Waals surface area contributed by atoms with E-state index >= 15 is 0 Å². The Balaban J connectivity index is 2.98. The topological polar surface area (TPSA) is 66.9 Å². The lowest BCUT2D eigenvalue weighted by atomic mass is 10.3. The number of hydrogen-bond acceptors (Lipinski definition) is 4. The van der Waals surface area contributed by atoms with Gasteiger partial charge in [-0.15, -0.1) is 0 Å². The smallest absolute Gasteiger partial charge is 0.243 e. The Morgan fingerprint density at radius 1 is 1.27 bits per heavy atom. The Morgan fingerprint density at radius 2 is 1.86 bits per heavy atom. The number of amides is 1. The highest BCUT2D eigenvalue weighted by molar-refractivity contribution is 9.10. The molecule has 0 N–H and O–H groups in total. The molecule has 8 heteroatoms. The minimum Gasteiger partial charge on any atom is -0.496 e. The maximum atomic E-state index is 12.5. The first kappa shape index (κ1) is 18.9. The molecular weight excluding hydrogens is 372 g/mol. The fourth-order valence-electron chi connectivity index (χ4n) is 1.94. The van der Waals surface area contributed by atoms with E-state index < -0.39 is 10.0 Å². The van der Waals surface area contributed by atoms with Gasteiger partial charge in [0.1, 0.15) is 5.75 Å². The van der Waals surface area contributed by atoms with Gasteiger partial charge in [-0.1, -0.05) is 0 Å². The van der Waals surface area contributed by atoms with Crippen LogP contribution in [0, 0.1) is 0 Å². The fraction of sp³-hybridized carbons (Fsp3) is 0.500. The van der Waals surface area contributed by atoms with Crippen LogP contribution in [0.2, 0.25) is 0 Å². The van der Waals surface area contributed by atoms with Crippen LogP contribution in [0.1, 0.15) is 13.8 Å². The molecule has 0 atom stereocenters. The van der Waals surface area contributed by atoms with Crippen molar-refractivity contribution in [2.45, 2.75) is 18.7 Å². The molecule has 1 rings (SSSR count). The number of hydrogen-bond donors (Lipinski definition) is 0. The monoisotopic (exact) mass is 392 g/mol. The van der Waals surface area contributed by atoms with Gasteiger partial charge in [-0.2, -0.15) is 4.31 Å². The van der Waals surface area contributed by atoms with Crippen LogP contribution in [-0.4, -0.2) is 57.3 Å². The van der Waals surface area contributed by atoms with E-state index in [1.807, 2.05) is 13.8 Å². The summed E-state index contributed by atoms with van der Waals surface area (Å²) in [7, 11) is -0.830. The second kappa shape index (κ2) is 7.94. The number of halogens is 1. The average molecular weight is 393 g/mol. The van der Waals surface area contributed by atoms with E-state index in [0.717, 1.165) is 4.31 Å². The second-order valence-corrected chi connectivity index (χ2v) is 7.52. The Bertz CT molecular complexity index is 630. The van der Waals surface area contributed by atoms with Crippen molar-refractivity contribution in [3.63, 3.8) is 0 Å². The van der Waals surface area contributed by atoms with Gasteiger partial charge in [-0.25, -0.2) is 8.42 Å². The number of carbonyl (C=O) groups is 1. The van der Waals surface area contributed by atoms with Gasteiger partial charge >= 0.3 is 0 Å². The first-order chi connectivity index (χ1) is 10.3. The number of sulfonamides is 1. The van der Waals surface area contributed by atoms with Crippen LogP contribution in [0.4, 0.5) is 0 Å². The van der Waals surface area contributed by atoms with Crippen molar-refractivity contribution >= 4 is 31.9 Å². The van der Waals surface area contributed by atoms with Crippen LogP contribution in [0.15, 0.2) is 27.6 Å². The number of nitrogens with zero attached hydrogens (tertiary/aromatic N) is 2. The van der Waals surface area contributed by atoms with E-state index in [0.29, 0.717) is 23.3 Å². The number of benzene rings is 1. The third kappa shape index (κ3) is 4.21. The maximum Gasteiger partial charge on any atom is 0.243 e. The minimum absolute atomic E-state index is 0.107. The van der Waals surface area contributed by atoms with Gasteiger partial charge in [0.2, 0.25) is 15.9 Å². The number of rotatable bonds is 7. The highest BCUT2D eigenvalue weighted by atomic mass is 79.9. The third-order valence-electron chi connectivity index (χ3n) is 3.31. The van der Waals surface area contributed by atoms with E-state index in [1.165, 1.54) is 26.3 Å². The van der Waals surface area contributed by atoms with E-state index in [4.69, 9.17) is 4.74 Å². The molecule has 1 aromatic carbocycles. The summed E-state index contributed by atoms with van der Waals surface area (Å²) in [5, 5.41) is 0. The summed E-state index contributed by atoms with van der Waals surface area (Å²) in [5.41, 5.74) is 0. The molecule has 1 amide bonds. The normalized spacial score (nSPS) is 11.5. The fourth-order valence-corrected chi connectivity index (χ4v) is 3.78. The third-order valence-corrected chi connectivity index (χ3v) is 5.72. The molecule has 0 radical (unpaired) electrons. The summed E-state index contributed by atoms with van der Waals surface area (Å²) < 4.78 is 31.7. The van der Waals surface area contributed by atoms with Crippen molar-refractivity contribution in [2.75, 3.05) is 33.8 Å². The van der Waals surface area contributed by atoms with E-state index in [1.54, 1.807) is 11.0 Å². The standard InChI is InChI=1S/C14H21BrN2O4S/c1-5-17(6-2)14(18)10-16(3)22(19,20)11-7-8-13(21-4)12(15)9-11/h7-9H,5-6,10H2,1-4H3. The minimum atomic E-state index is -3.73. The van der Waals surface area contributed by atoms with Gasteiger partial charge < -0.3 is 9.64 Å². The Kier molecular flexibility index (Phi) is 6.83. The van der Waals surface area contributed by atoms with Crippen molar-refractivity contribution in [1.82, 2.24) is 9.21 Å². The Hall–Kier alpha value is -1.12. The van der Waals surface area contributed by atoms with Crippen LogP contribution in [0.3, 0.4) is 0 Å². The maximum absolute atomic E-state index is 12.5. The lowest BCUT2D eigenvalue weighted by Crippen LogP contribution is -2.40. The van der Waals surface area contributed by atoms with Crippen LogP contribution < -0.4 is 4.74 Å². The number of likely N-dealkylation sites (N-methyl/N-ethyl adjacent to an activating group) is 2. The summed E-state index contributed by atoms with van der Waals surface area (Å²) in [6.45, 7) is 4.63. The van der Waals surface area contributed by atoms with E-state index in [2.05, 4.69) is 15.9 Å². The van der Waals surface area contributed by atoms with Crippen molar-refractivity contribution in [1.29, 1.82) is 0 Å². The molecule has 0 fully saturated rings. The van der Waals surface area contributed by atoms with Crippen molar-refractivity contribution in [3.8, 4) is 5.75 Å². The summed E-state index contributed by atoms with van der Waals surface area (Å²) in [5.74, 6) is 0.324. The van der Waals surface area contributed by atoms with Gasteiger partial charge in [0.15, 0.2) is 0 Å². The zero-order chi connectivity index (χ0) is 16.9. The van der Waals surface area contributed by atoms with Gasteiger partial charge in [0.05, 0.1) is 23.0 Å². The van der Waals surface area contributed by atoms with Crippen molar-refractivity contribution in [3.05, 3.63) is 22.7 Å². The quantitative estimate of drug-likeness (QED) is 0.710. The molecule has 0 aliphatic heterocycles. The summed E-state index contributed by atoms with van der Waals surface area (Å²) in [6, 6.07) is 4.49. The van der Waals surface area contributed by atoms with Gasteiger partial charge in [-0.3, -0.25) is 4.79 Å². The van der Waals surface area contributed by atoms with Gasteiger partial charge in [0.25, 0.3) is 0 Å². The van der Waals surface area contributed by atoms with Gasteiger partial charge in [0, 0.05) is 20.1 Å². The summed E-state index contributed by atoms with van der Waals surface area (Å²) in [6.07, 6.45) is 0. The molecule has 124 valence electrons.